The highest BCUT2D eigenvalue weighted by atomic mass is 32.2. The molecule has 0 radical (unpaired) electrons. The maximum absolute atomic E-state index is 13.0. The van der Waals surface area contributed by atoms with Crippen LogP contribution in [0.15, 0.2) is 59.5 Å². The van der Waals surface area contributed by atoms with E-state index in [-0.39, 0.29) is 17.4 Å². The molecule has 2 fully saturated rings. The number of nitriles is 1. The molecular weight excluding hydrogens is 396 g/mol. The van der Waals surface area contributed by atoms with Gasteiger partial charge in [0.2, 0.25) is 10.0 Å². The topological polar surface area (TPSA) is 81.4 Å². The molecule has 1 aliphatic heterocycles. The average Bonchev–Trinajstić information content (AvgIpc) is 3.27. The van der Waals surface area contributed by atoms with Crippen LogP contribution in [0.1, 0.15) is 42.7 Å². The molecule has 1 saturated carbocycles. The molecule has 0 unspecified atom stereocenters. The fourth-order valence-corrected chi connectivity index (χ4v) is 6.23. The van der Waals surface area contributed by atoms with Gasteiger partial charge in [-0.1, -0.05) is 55.0 Å². The van der Waals surface area contributed by atoms with Gasteiger partial charge in [-0.25, -0.2) is 8.42 Å². The van der Waals surface area contributed by atoms with Gasteiger partial charge in [-0.3, -0.25) is 0 Å². The van der Waals surface area contributed by atoms with Gasteiger partial charge in [0.15, 0.2) is 0 Å². The summed E-state index contributed by atoms with van der Waals surface area (Å²) in [5.41, 5.74) is 1.75. The highest BCUT2D eigenvalue weighted by molar-refractivity contribution is 7.89. The molecule has 0 amide bonds. The zero-order chi connectivity index (χ0) is 21.1. The summed E-state index contributed by atoms with van der Waals surface area (Å²) < 4.78 is 27.2. The number of hydrogen-bond acceptors (Lipinski definition) is 4. The van der Waals surface area contributed by atoms with Crippen LogP contribution in [0.2, 0.25) is 0 Å². The predicted octanol–water partition coefficient (Wildman–Crippen LogP) is 3.27. The van der Waals surface area contributed by atoms with E-state index in [1.54, 1.807) is 18.2 Å². The molecule has 0 aromatic heterocycles. The minimum absolute atomic E-state index is 0.125. The van der Waals surface area contributed by atoms with Gasteiger partial charge >= 0.3 is 0 Å². The standard InChI is InChI=1S/C24H24N2O3S/c25-16-22-24(20-14-12-19(13-15-20)11-10-18-6-4-5-7-18)23(17-27)26(22)30(28,29)21-8-2-1-3-9-21/h1-3,8-9,12-15,18,22-24,27H,4-7,17H2/t22-,23-,24-/m0/s1. The van der Waals surface area contributed by atoms with Gasteiger partial charge in [-0.05, 0) is 42.7 Å². The van der Waals surface area contributed by atoms with Crippen molar-refractivity contribution in [2.24, 2.45) is 5.92 Å². The second-order valence-corrected chi connectivity index (χ2v) is 9.71. The van der Waals surface area contributed by atoms with Crippen molar-refractivity contribution >= 4 is 10.0 Å². The number of sulfonamides is 1. The summed E-state index contributed by atoms with van der Waals surface area (Å²) in [6.45, 7) is -0.349. The van der Waals surface area contributed by atoms with E-state index in [2.05, 4.69) is 17.9 Å². The van der Waals surface area contributed by atoms with Crippen LogP contribution >= 0.6 is 0 Å². The van der Waals surface area contributed by atoms with E-state index in [4.69, 9.17) is 0 Å². The maximum atomic E-state index is 13.0. The van der Waals surface area contributed by atoms with Crippen LogP contribution < -0.4 is 0 Å². The first-order valence-electron chi connectivity index (χ1n) is 10.3. The van der Waals surface area contributed by atoms with Crippen molar-refractivity contribution in [3.8, 4) is 17.9 Å². The first-order chi connectivity index (χ1) is 14.6. The normalized spacial score (nSPS) is 24.5. The molecule has 2 aliphatic rings. The van der Waals surface area contributed by atoms with Crippen LogP contribution in [-0.2, 0) is 10.0 Å². The summed E-state index contributed by atoms with van der Waals surface area (Å²) in [5, 5.41) is 19.6. The molecule has 30 heavy (non-hydrogen) atoms. The summed E-state index contributed by atoms with van der Waals surface area (Å²) >= 11 is 0. The number of aliphatic hydroxyl groups is 1. The van der Waals surface area contributed by atoms with E-state index in [0.29, 0.717) is 5.92 Å². The minimum Gasteiger partial charge on any atom is -0.395 e. The Balaban J connectivity index is 1.57. The van der Waals surface area contributed by atoms with Gasteiger partial charge in [0, 0.05) is 17.4 Å². The fourth-order valence-electron chi connectivity index (χ4n) is 4.45. The average molecular weight is 421 g/mol. The van der Waals surface area contributed by atoms with Crippen molar-refractivity contribution in [3.05, 3.63) is 65.7 Å². The molecule has 0 spiro atoms. The van der Waals surface area contributed by atoms with Crippen molar-refractivity contribution in [1.29, 1.82) is 5.26 Å². The Morgan fingerprint density at radius 1 is 1.03 bits per heavy atom. The molecule has 2 aromatic carbocycles. The molecule has 0 bridgehead atoms. The third-order valence-corrected chi connectivity index (χ3v) is 7.99. The monoisotopic (exact) mass is 420 g/mol. The number of nitrogens with zero attached hydrogens (tertiary/aromatic N) is 2. The smallest absolute Gasteiger partial charge is 0.244 e. The zero-order valence-corrected chi connectivity index (χ0v) is 17.4. The van der Waals surface area contributed by atoms with Crippen LogP contribution in [0, 0.1) is 29.1 Å². The molecule has 1 aliphatic carbocycles. The van der Waals surface area contributed by atoms with Crippen molar-refractivity contribution in [1.82, 2.24) is 4.31 Å². The predicted molar refractivity (Wildman–Crippen MR) is 114 cm³/mol. The van der Waals surface area contributed by atoms with Crippen molar-refractivity contribution in [2.75, 3.05) is 6.61 Å². The number of rotatable bonds is 4. The molecule has 5 nitrogen and oxygen atoms in total. The summed E-state index contributed by atoms with van der Waals surface area (Å²) in [5.74, 6) is 6.65. The fraction of sp³-hybridized carbons (Fsp3) is 0.375. The number of hydrogen-bond donors (Lipinski definition) is 1. The van der Waals surface area contributed by atoms with Crippen molar-refractivity contribution in [3.63, 3.8) is 0 Å². The molecule has 4 rings (SSSR count). The van der Waals surface area contributed by atoms with Gasteiger partial charge < -0.3 is 5.11 Å². The molecule has 6 heteroatoms. The molecule has 2 aromatic rings. The quantitative estimate of drug-likeness (QED) is 0.770. The molecular formula is C24H24N2O3S. The third-order valence-electron chi connectivity index (χ3n) is 6.07. The lowest BCUT2D eigenvalue weighted by molar-refractivity contribution is 0.0557. The Morgan fingerprint density at radius 3 is 2.30 bits per heavy atom. The van der Waals surface area contributed by atoms with Gasteiger partial charge in [-0.2, -0.15) is 9.57 Å². The van der Waals surface area contributed by atoms with Gasteiger partial charge in [-0.15, -0.1) is 0 Å². The maximum Gasteiger partial charge on any atom is 0.244 e. The molecule has 1 heterocycles. The highest BCUT2D eigenvalue weighted by Gasteiger charge is 2.55. The van der Waals surface area contributed by atoms with Crippen LogP contribution in [0.4, 0.5) is 0 Å². The lowest BCUT2D eigenvalue weighted by Gasteiger charge is -2.50. The minimum atomic E-state index is -3.86. The van der Waals surface area contributed by atoms with Crippen molar-refractivity contribution in [2.45, 2.75) is 48.6 Å². The van der Waals surface area contributed by atoms with E-state index in [9.17, 15) is 18.8 Å². The molecule has 154 valence electrons. The Morgan fingerprint density at radius 2 is 1.70 bits per heavy atom. The van der Waals surface area contributed by atoms with E-state index in [1.165, 1.54) is 37.8 Å². The second-order valence-electron chi connectivity index (χ2n) is 7.87. The summed E-state index contributed by atoms with van der Waals surface area (Å²) in [7, 11) is -3.86. The van der Waals surface area contributed by atoms with Crippen molar-refractivity contribution < 1.29 is 13.5 Å². The number of benzene rings is 2. The third kappa shape index (κ3) is 3.75. The SMILES string of the molecule is N#C[C@H]1[C@H](c2ccc(C#CC3CCCC3)cc2)[C@H](CO)N1S(=O)(=O)c1ccccc1. The van der Waals surface area contributed by atoms with E-state index in [1.807, 2.05) is 24.3 Å². The lowest BCUT2D eigenvalue weighted by Crippen LogP contribution is -2.64. The lowest BCUT2D eigenvalue weighted by atomic mass is 9.78. The van der Waals surface area contributed by atoms with Crippen LogP contribution in [0.5, 0.6) is 0 Å². The Labute approximate surface area is 178 Å². The van der Waals surface area contributed by atoms with Crippen LogP contribution in [0.3, 0.4) is 0 Å². The van der Waals surface area contributed by atoms with Gasteiger partial charge in [0.05, 0.1) is 23.6 Å². The number of aliphatic hydroxyl groups excluding tert-OH is 1. The van der Waals surface area contributed by atoms with Gasteiger partial charge in [0.1, 0.15) is 6.04 Å². The first-order valence-corrected chi connectivity index (χ1v) is 11.7. The van der Waals surface area contributed by atoms with Gasteiger partial charge in [0.25, 0.3) is 0 Å². The summed E-state index contributed by atoms with van der Waals surface area (Å²) in [6.07, 6.45) is 4.84. The highest BCUT2D eigenvalue weighted by Crippen LogP contribution is 2.43. The largest absolute Gasteiger partial charge is 0.395 e. The first kappa shape index (κ1) is 20.6. The van der Waals surface area contributed by atoms with E-state index < -0.39 is 22.1 Å². The Bertz CT molecular complexity index is 1090. The zero-order valence-electron chi connectivity index (χ0n) is 16.6. The Kier molecular flexibility index (Phi) is 5.92. The second kappa shape index (κ2) is 8.62. The molecule has 1 N–H and O–H groups in total. The van der Waals surface area contributed by atoms with Crippen LogP contribution in [0.25, 0.3) is 0 Å². The molecule has 3 atom stereocenters. The van der Waals surface area contributed by atoms with E-state index in [0.717, 1.165) is 15.4 Å². The molecule has 1 saturated heterocycles. The summed E-state index contributed by atoms with van der Waals surface area (Å²) in [4.78, 5) is 0.125. The summed E-state index contributed by atoms with van der Waals surface area (Å²) in [6, 6.07) is 16.2. The van der Waals surface area contributed by atoms with Crippen LogP contribution in [-0.4, -0.2) is 36.5 Å². The van der Waals surface area contributed by atoms with E-state index >= 15 is 0 Å². The Hall–Kier alpha value is -2.64.